The van der Waals surface area contributed by atoms with E-state index in [0.717, 1.165) is 167 Å². The molecule has 0 aromatic heterocycles. The van der Waals surface area contributed by atoms with E-state index in [-0.39, 0.29) is 105 Å². The molecule has 0 bridgehead atoms. The molecule has 0 aliphatic rings. The number of hydrogen-bond donors (Lipinski definition) is 6. The van der Waals surface area contributed by atoms with Crippen molar-refractivity contribution >= 4 is 53.5 Å². The zero-order chi connectivity index (χ0) is 69.7. The van der Waals surface area contributed by atoms with Crippen molar-refractivity contribution in [1.29, 1.82) is 0 Å². The number of carboxylic acids is 4. The average Bonchev–Trinajstić information content (AvgIpc) is 1.74. The third-order valence-corrected chi connectivity index (χ3v) is 16.9. The van der Waals surface area contributed by atoms with Crippen LogP contribution in [0.3, 0.4) is 0 Å². The summed E-state index contributed by atoms with van der Waals surface area (Å²) in [6.07, 6.45) is 53.2. The molecule has 0 radical (unpaired) electrons. The van der Waals surface area contributed by atoms with E-state index < -0.39 is 59.3 Å². The quantitative estimate of drug-likeness (QED) is 0.00482. The molecular weight excluding hydrogens is 1220 g/mol. The Hall–Kier alpha value is -5.57. The SMILES string of the molecule is CCCCCC(/C=C/C=C\CCCCCCCC(=O)C(C)CC)C(CC(=O)O)C(=O)O.CCCCCCCCC(/C=C/CCCCCCC(=O)OC(CC)COC(=O)CCCCCCC/C=C\C/C=C\C=C\C(CC)C(CC(O)=C=O)C(=O)O)C(CC(=O)O)C(O)=C=O.[CH3-].[Na+]. The third-order valence-electron chi connectivity index (χ3n) is 16.9. The molecule has 0 aromatic rings. The minimum Gasteiger partial charge on any atom is -0.502 e. The Morgan fingerprint density at radius 2 is 0.884 bits per heavy atom. The van der Waals surface area contributed by atoms with Crippen LogP contribution >= 0.6 is 0 Å². The normalized spacial score (nSPS) is 14.0. The van der Waals surface area contributed by atoms with E-state index in [1.807, 2.05) is 63.3 Å². The minimum atomic E-state index is -1.07. The van der Waals surface area contributed by atoms with Gasteiger partial charge in [0.25, 0.3) is 0 Å². The predicted molar refractivity (Wildman–Crippen MR) is 375 cm³/mol. The number of Topliss-reactive ketones (excluding diaryl/α,β-unsaturated/α-hetero) is 1. The van der Waals surface area contributed by atoms with Gasteiger partial charge in [0.1, 0.15) is 18.5 Å². The monoisotopic (exact) mass is 1340 g/mol. The van der Waals surface area contributed by atoms with Crippen molar-refractivity contribution < 1.29 is 113 Å². The van der Waals surface area contributed by atoms with E-state index in [1.165, 1.54) is 18.3 Å². The number of ketones is 1. The van der Waals surface area contributed by atoms with Gasteiger partial charge < -0.3 is 47.5 Å². The molecule has 0 saturated heterocycles. The van der Waals surface area contributed by atoms with Gasteiger partial charge >= 0.3 is 65.4 Å². The molecule has 0 aliphatic heterocycles. The summed E-state index contributed by atoms with van der Waals surface area (Å²) in [4.78, 5) is 104. The summed E-state index contributed by atoms with van der Waals surface area (Å²) in [6, 6.07) is 0. The molecule has 8 atom stereocenters. The molecule has 0 heterocycles. The van der Waals surface area contributed by atoms with Gasteiger partial charge in [-0.05, 0) is 114 Å². The molecule has 536 valence electrons. The standard InChI is InChI=1S/C50H78O12.C26H44O5.CH3.Na/c1-4-7-8-9-20-26-31-41(44(36-47(55)56)46(54)38-52)32-27-22-18-19-24-29-34-49(58)62-43(6-3)39-61-48(57)33-28-23-17-15-13-11-10-12-14-16-21-25-30-40(5-2)45(50(59)60)35-42(53)37-51;1-4-6-14-17-22(23(26(30)31)20-25(28)29)18-15-12-10-8-7-9-11-13-16-19-24(27)21(3)5-2;;/h10,12,16,21,25,27,30,32,40-41,43-45,53-54H,4-9,11,13-15,17-20,22-24,26,28-29,31,33-36,39H2,1-3H3,(H,55,56)(H,59,60);10,12,15,18,21-23H,4-9,11,13-14,16-17,19-20H2,1-3H3,(H,28,29)(H,30,31);1H3;/q;;-1;+1/b12-10-,21-16-,30-25+,32-27+;12-10-,18-15+;;. The Morgan fingerprint density at radius 1 is 0.432 bits per heavy atom. The number of carbonyl (C=O) groups excluding carboxylic acids is 5. The zero-order valence-electron chi connectivity index (χ0n) is 59.8. The van der Waals surface area contributed by atoms with E-state index in [4.69, 9.17) is 14.6 Å². The summed E-state index contributed by atoms with van der Waals surface area (Å²) in [5.74, 6) is -5.89. The van der Waals surface area contributed by atoms with Crippen molar-refractivity contribution in [2.75, 3.05) is 6.61 Å². The fraction of sp³-hybridized carbons (Fsp3) is 0.688. The minimum absolute atomic E-state index is 0. The number of esters is 2. The van der Waals surface area contributed by atoms with Gasteiger partial charge in [-0.1, -0.05) is 224 Å². The van der Waals surface area contributed by atoms with Crippen LogP contribution in [0, 0.1) is 48.9 Å². The summed E-state index contributed by atoms with van der Waals surface area (Å²) in [5, 5.41) is 56.9. The van der Waals surface area contributed by atoms with Crippen molar-refractivity contribution in [2.24, 2.45) is 41.4 Å². The summed E-state index contributed by atoms with van der Waals surface area (Å²) in [6.45, 7) is 12.1. The average molecular weight is 1350 g/mol. The van der Waals surface area contributed by atoms with Gasteiger partial charge in [0.2, 0.25) is 0 Å². The maximum absolute atomic E-state index is 12.4. The van der Waals surface area contributed by atoms with Crippen LogP contribution < -0.4 is 29.6 Å². The van der Waals surface area contributed by atoms with Crippen molar-refractivity contribution in [3.05, 3.63) is 91.9 Å². The number of unbranched alkanes of at least 4 members (excludes halogenated alkanes) is 21. The molecule has 0 rings (SSSR count). The number of carboxylic acid groups (broad SMARTS) is 4. The number of hydrogen-bond acceptors (Lipinski definition) is 13. The largest absolute Gasteiger partial charge is 1.00 e. The Bertz CT molecular complexity index is 2320. The topological polar surface area (TPSA) is 293 Å². The number of aliphatic carboxylic acids is 4. The summed E-state index contributed by atoms with van der Waals surface area (Å²) >= 11 is 0. The van der Waals surface area contributed by atoms with Crippen molar-refractivity contribution in [2.45, 2.75) is 292 Å². The van der Waals surface area contributed by atoms with Gasteiger partial charge in [0.05, 0.1) is 24.7 Å². The first kappa shape index (κ1) is 95.8. The van der Waals surface area contributed by atoms with Crippen LogP contribution in [0.1, 0.15) is 286 Å². The Labute approximate surface area is 594 Å². The van der Waals surface area contributed by atoms with Crippen molar-refractivity contribution in [1.82, 2.24) is 0 Å². The first-order valence-electron chi connectivity index (χ1n) is 35.4. The summed E-state index contributed by atoms with van der Waals surface area (Å²) in [7, 11) is 0. The molecule has 0 aromatic carbocycles. The summed E-state index contributed by atoms with van der Waals surface area (Å²) in [5.41, 5.74) is 0. The maximum atomic E-state index is 12.4. The second kappa shape index (κ2) is 67.0. The van der Waals surface area contributed by atoms with Crippen LogP contribution in [0.2, 0.25) is 0 Å². The Balaban J connectivity index is -0.00000105. The molecule has 17 nitrogen and oxygen atoms in total. The molecule has 0 saturated carbocycles. The van der Waals surface area contributed by atoms with Gasteiger partial charge in [-0.3, -0.25) is 33.6 Å². The van der Waals surface area contributed by atoms with Crippen LogP contribution in [0.4, 0.5) is 0 Å². The first-order chi connectivity index (χ1) is 44.8. The van der Waals surface area contributed by atoms with Crippen LogP contribution in [-0.4, -0.2) is 96.8 Å². The van der Waals surface area contributed by atoms with Crippen molar-refractivity contribution in [3.63, 3.8) is 0 Å². The smallest absolute Gasteiger partial charge is 0.502 e. The van der Waals surface area contributed by atoms with E-state index >= 15 is 0 Å². The van der Waals surface area contributed by atoms with Gasteiger partial charge in [0, 0.05) is 37.5 Å². The molecule has 0 aliphatic carbocycles. The molecule has 8 unspecified atom stereocenters. The fourth-order valence-corrected chi connectivity index (χ4v) is 10.8. The van der Waals surface area contributed by atoms with Crippen LogP contribution in [0.5, 0.6) is 0 Å². The van der Waals surface area contributed by atoms with Gasteiger partial charge in [0.15, 0.2) is 23.4 Å². The van der Waals surface area contributed by atoms with Crippen LogP contribution in [-0.2, 0) is 52.6 Å². The summed E-state index contributed by atoms with van der Waals surface area (Å²) < 4.78 is 11.0. The Kier molecular flexibility index (Phi) is 67.6. The Morgan fingerprint density at radius 3 is 1.41 bits per heavy atom. The number of aliphatic hydroxyl groups excluding tert-OH is 2. The molecule has 0 spiro atoms. The number of allylic oxidation sites excluding steroid dienone is 14. The van der Waals surface area contributed by atoms with Gasteiger partial charge in [-0.25, -0.2) is 9.59 Å². The predicted octanol–water partition coefficient (Wildman–Crippen LogP) is 15.9. The second-order valence-electron chi connectivity index (χ2n) is 24.7. The van der Waals surface area contributed by atoms with Gasteiger partial charge in [-0.2, -0.15) is 0 Å². The zero-order valence-corrected chi connectivity index (χ0v) is 61.8. The molecule has 6 N–H and O–H groups in total. The van der Waals surface area contributed by atoms with Crippen LogP contribution in [0.15, 0.2) is 84.4 Å². The number of carbonyl (C=O) groups is 7. The molecular formula is C77H125NaO17. The second-order valence-corrected chi connectivity index (χ2v) is 24.7. The van der Waals surface area contributed by atoms with E-state index in [2.05, 4.69) is 39.0 Å². The first-order valence-corrected chi connectivity index (χ1v) is 35.4. The number of rotatable bonds is 60. The van der Waals surface area contributed by atoms with E-state index in [1.54, 1.807) is 12.2 Å². The molecule has 0 amide bonds. The van der Waals surface area contributed by atoms with Gasteiger partial charge in [-0.15, -0.1) is 0 Å². The molecule has 95 heavy (non-hydrogen) atoms. The van der Waals surface area contributed by atoms with E-state index in [0.29, 0.717) is 50.7 Å². The number of ether oxygens (including phenoxy) is 2. The fourth-order valence-electron chi connectivity index (χ4n) is 10.8. The van der Waals surface area contributed by atoms with Crippen LogP contribution in [0.25, 0.3) is 0 Å². The maximum Gasteiger partial charge on any atom is 1.00 e. The van der Waals surface area contributed by atoms with E-state index in [9.17, 15) is 68.7 Å². The molecule has 18 heteroatoms. The third kappa shape index (κ3) is 56.2. The number of aliphatic hydroxyl groups is 2. The van der Waals surface area contributed by atoms with Crippen molar-refractivity contribution in [3.8, 4) is 0 Å². The molecule has 0 fully saturated rings.